The molecule has 1 rings (SSSR count). The van der Waals surface area contributed by atoms with Gasteiger partial charge in [-0.05, 0) is 69.3 Å². The lowest BCUT2D eigenvalue weighted by Gasteiger charge is -2.02. The quantitative estimate of drug-likeness (QED) is 0.750. The minimum Gasteiger partial charge on any atom is -0.506 e. The van der Waals surface area contributed by atoms with Gasteiger partial charge < -0.3 is 5.11 Å². The number of hydrogen-bond donors (Lipinski definition) is 1. The molecule has 0 unspecified atom stereocenters. The van der Waals surface area contributed by atoms with Crippen LogP contribution >= 0.6 is 45.2 Å². The van der Waals surface area contributed by atoms with E-state index >= 15 is 0 Å². The molecule has 0 amide bonds. The summed E-state index contributed by atoms with van der Waals surface area (Å²) in [7, 11) is 0. The van der Waals surface area contributed by atoms with E-state index in [0.717, 1.165) is 13.6 Å². The number of phenols is 1. The second kappa shape index (κ2) is 3.93. The Kier molecular flexibility index (Phi) is 3.42. The normalized spacial score (nSPS) is 10.1. The van der Waals surface area contributed by atoms with E-state index in [0.29, 0.717) is 5.75 Å². The Morgan fingerprint density at radius 3 is 2.09 bits per heavy atom. The number of rotatable bonds is 1. The standard InChI is InChI=1S/C8H8I2O/c1-2-5-3-6(9)8(11)7(10)4-5/h3-4,11H,2H2,1H3. The van der Waals surface area contributed by atoms with Crippen molar-refractivity contribution < 1.29 is 5.11 Å². The summed E-state index contributed by atoms with van der Waals surface area (Å²) in [5, 5.41) is 9.41. The van der Waals surface area contributed by atoms with Gasteiger partial charge in [-0.25, -0.2) is 0 Å². The van der Waals surface area contributed by atoms with Crippen LogP contribution in [0.2, 0.25) is 0 Å². The monoisotopic (exact) mass is 374 g/mol. The molecule has 0 aromatic heterocycles. The summed E-state index contributed by atoms with van der Waals surface area (Å²) >= 11 is 4.29. The predicted molar refractivity (Wildman–Crippen MR) is 62.9 cm³/mol. The van der Waals surface area contributed by atoms with Crippen LogP contribution in [0.1, 0.15) is 12.5 Å². The first-order chi connectivity index (χ1) is 5.15. The maximum atomic E-state index is 9.41. The Morgan fingerprint density at radius 1 is 1.27 bits per heavy atom. The summed E-state index contributed by atoms with van der Waals surface area (Å²) in [5.74, 6) is 0.406. The van der Waals surface area contributed by atoms with Crippen LogP contribution in [0.5, 0.6) is 5.75 Å². The Labute approximate surface area is 93.5 Å². The summed E-state index contributed by atoms with van der Waals surface area (Å²) in [4.78, 5) is 0. The molecule has 0 heterocycles. The third kappa shape index (κ3) is 2.21. The van der Waals surface area contributed by atoms with E-state index in [2.05, 4.69) is 52.1 Å². The van der Waals surface area contributed by atoms with Crippen LogP contribution in [0.3, 0.4) is 0 Å². The number of halogens is 2. The maximum absolute atomic E-state index is 9.41. The fourth-order valence-corrected chi connectivity index (χ4v) is 2.72. The van der Waals surface area contributed by atoms with Gasteiger partial charge in [0.2, 0.25) is 0 Å². The highest BCUT2D eigenvalue weighted by Crippen LogP contribution is 2.27. The lowest BCUT2D eigenvalue weighted by molar-refractivity contribution is 0.467. The first-order valence-electron chi connectivity index (χ1n) is 3.32. The molecule has 1 N–H and O–H groups in total. The van der Waals surface area contributed by atoms with Gasteiger partial charge in [0, 0.05) is 0 Å². The van der Waals surface area contributed by atoms with E-state index < -0.39 is 0 Å². The molecule has 60 valence electrons. The van der Waals surface area contributed by atoms with E-state index in [1.54, 1.807) is 0 Å². The van der Waals surface area contributed by atoms with Gasteiger partial charge in [-0.3, -0.25) is 0 Å². The molecule has 0 atom stereocenters. The fourth-order valence-electron chi connectivity index (χ4n) is 0.822. The van der Waals surface area contributed by atoms with Crippen molar-refractivity contribution in [2.24, 2.45) is 0 Å². The molecule has 1 aromatic carbocycles. The lowest BCUT2D eigenvalue weighted by atomic mass is 10.2. The molecular weight excluding hydrogens is 366 g/mol. The van der Waals surface area contributed by atoms with E-state index in [-0.39, 0.29) is 0 Å². The summed E-state index contributed by atoms with van der Waals surface area (Å²) in [6.45, 7) is 2.11. The highest BCUT2D eigenvalue weighted by molar-refractivity contribution is 14.1. The van der Waals surface area contributed by atoms with Crippen LogP contribution in [-0.4, -0.2) is 5.11 Å². The van der Waals surface area contributed by atoms with Crippen molar-refractivity contribution in [3.63, 3.8) is 0 Å². The predicted octanol–water partition coefficient (Wildman–Crippen LogP) is 3.16. The van der Waals surface area contributed by atoms with Crippen LogP contribution in [0.4, 0.5) is 0 Å². The van der Waals surface area contributed by atoms with Gasteiger partial charge in [0.25, 0.3) is 0 Å². The van der Waals surface area contributed by atoms with E-state index in [4.69, 9.17) is 0 Å². The Hall–Kier alpha value is 0.480. The van der Waals surface area contributed by atoms with Crippen molar-refractivity contribution in [1.82, 2.24) is 0 Å². The topological polar surface area (TPSA) is 20.2 Å². The molecule has 0 fully saturated rings. The largest absolute Gasteiger partial charge is 0.506 e. The molecule has 3 heteroatoms. The molecule has 0 spiro atoms. The van der Waals surface area contributed by atoms with Crippen molar-refractivity contribution in [3.05, 3.63) is 24.8 Å². The van der Waals surface area contributed by atoms with Gasteiger partial charge >= 0.3 is 0 Å². The van der Waals surface area contributed by atoms with Crippen LogP contribution in [-0.2, 0) is 6.42 Å². The molecular formula is C8H8I2O. The highest BCUT2D eigenvalue weighted by Gasteiger charge is 2.03. The fraction of sp³-hybridized carbons (Fsp3) is 0.250. The molecule has 1 nitrogen and oxygen atoms in total. The highest BCUT2D eigenvalue weighted by atomic mass is 127. The molecule has 0 bridgehead atoms. The van der Waals surface area contributed by atoms with Gasteiger partial charge in [-0.1, -0.05) is 6.92 Å². The molecule has 0 aliphatic rings. The van der Waals surface area contributed by atoms with Crippen molar-refractivity contribution in [3.8, 4) is 5.75 Å². The maximum Gasteiger partial charge on any atom is 0.142 e. The van der Waals surface area contributed by atoms with E-state index in [1.165, 1.54) is 5.56 Å². The van der Waals surface area contributed by atoms with Crippen molar-refractivity contribution >= 4 is 45.2 Å². The van der Waals surface area contributed by atoms with Crippen LogP contribution in [0.15, 0.2) is 12.1 Å². The zero-order valence-electron chi connectivity index (χ0n) is 6.06. The summed E-state index contributed by atoms with van der Waals surface area (Å²) < 4.78 is 1.87. The second-order valence-corrected chi connectivity index (χ2v) is 4.59. The number of phenolic OH excluding ortho intramolecular Hbond substituents is 1. The molecule has 0 saturated carbocycles. The minimum atomic E-state index is 0.406. The summed E-state index contributed by atoms with van der Waals surface area (Å²) in [6, 6.07) is 4.02. The number of aryl methyl sites for hydroxylation is 1. The van der Waals surface area contributed by atoms with Gasteiger partial charge in [0.1, 0.15) is 5.75 Å². The van der Waals surface area contributed by atoms with Crippen molar-refractivity contribution in [1.29, 1.82) is 0 Å². The van der Waals surface area contributed by atoms with Crippen molar-refractivity contribution in [2.45, 2.75) is 13.3 Å². The third-order valence-electron chi connectivity index (χ3n) is 1.48. The van der Waals surface area contributed by atoms with Crippen LogP contribution in [0, 0.1) is 7.14 Å². The molecule has 11 heavy (non-hydrogen) atoms. The Bertz CT molecular complexity index is 248. The Morgan fingerprint density at radius 2 is 1.73 bits per heavy atom. The van der Waals surface area contributed by atoms with E-state index in [1.807, 2.05) is 12.1 Å². The van der Waals surface area contributed by atoms with Gasteiger partial charge in [0.15, 0.2) is 0 Å². The molecule has 0 radical (unpaired) electrons. The van der Waals surface area contributed by atoms with Crippen molar-refractivity contribution in [2.75, 3.05) is 0 Å². The zero-order valence-corrected chi connectivity index (χ0v) is 10.4. The lowest BCUT2D eigenvalue weighted by Crippen LogP contribution is -1.85. The second-order valence-electron chi connectivity index (χ2n) is 2.26. The van der Waals surface area contributed by atoms with Crippen LogP contribution < -0.4 is 0 Å². The average Bonchev–Trinajstić information content (AvgIpc) is 1.99. The van der Waals surface area contributed by atoms with Gasteiger partial charge in [0.05, 0.1) is 7.14 Å². The van der Waals surface area contributed by atoms with Gasteiger partial charge in [-0.2, -0.15) is 0 Å². The number of hydrogen-bond acceptors (Lipinski definition) is 1. The van der Waals surface area contributed by atoms with Crippen LogP contribution in [0.25, 0.3) is 0 Å². The van der Waals surface area contributed by atoms with Gasteiger partial charge in [-0.15, -0.1) is 0 Å². The summed E-state index contributed by atoms with van der Waals surface area (Å²) in [5.41, 5.74) is 1.27. The SMILES string of the molecule is CCc1cc(I)c(O)c(I)c1. The minimum absolute atomic E-state index is 0.406. The molecule has 0 saturated heterocycles. The number of aromatic hydroxyl groups is 1. The van der Waals surface area contributed by atoms with E-state index in [9.17, 15) is 5.11 Å². The number of benzene rings is 1. The first kappa shape index (κ1) is 9.57. The summed E-state index contributed by atoms with van der Waals surface area (Å²) in [6.07, 6.45) is 1.02. The zero-order chi connectivity index (χ0) is 8.43. The molecule has 0 aliphatic carbocycles. The molecule has 0 aliphatic heterocycles. The Balaban J connectivity index is 3.21. The third-order valence-corrected chi connectivity index (χ3v) is 3.13. The molecule has 1 aromatic rings. The smallest absolute Gasteiger partial charge is 0.142 e. The first-order valence-corrected chi connectivity index (χ1v) is 5.47. The average molecular weight is 374 g/mol.